The number of nitrogens with zero attached hydrogens (tertiary/aromatic N) is 2. The van der Waals surface area contributed by atoms with Crippen molar-refractivity contribution >= 4 is 0 Å². The Balaban J connectivity index is 1.98. The van der Waals surface area contributed by atoms with Gasteiger partial charge in [0.15, 0.2) is 0 Å². The zero-order valence-corrected chi connectivity index (χ0v) is 12.3. The quantitative estimate of drug-likeness (QED) is 0.885. The van der Waals surface area contributed by atoms with E-state index in [1.54, 1.807) is 0 Å². The van der Waals surface area contributed by atoms with Crippen LogP contribution in [0.15, 0.2) is 24.5 Å². The van der Waals surface area contributed by atoms with Crippen LogP contribution >= 0.6 is 0 Å². The molecule has 1 aliphatic rings. The lowest BCUT2D eigenvalue weighted by atomic mass is 9.72. The van der Waals surface area contributed by atoms with Crippen molar-refractivity contribution in [2.24, 2.45) is 11.7 Å². The van der Waals surface area contributed by atoms with Crippen molar-refractivity contribution in [3.63, 3.8) is 0 Å². The predicted molar refractivity (Wildman–Crippen MR) is 80.0 cm³/mol. The van der Waals surface area contributed by atoms with Crippen molar-refractivity contribution in [3.8, 4) is 0 Å². The minimum Gasteiger partial charge on any atom is -0.329 e. The van der Waals surface area contributed by atoms with Crippen molar-refractivity contribution in [1.29, 1.82) is 0 Å². The van der Waals surface area contributed by atoms with E-state index in [2.05, 4.69) is 36.0 Å². The number of aromatic nitrogens is 1. The average molecular weight is 261 g/mol. The molecule has 2 rings (SSSR count). The molecular formula is C16H27N3. The Morgan fingerprint density at radius 1 is 1.37 bits per heavy atom. The molecule has 1 saturated carbocycles. The molecule has 106 valence electrons. The van der Waals surface area contributed by atoms with Gasteiger partial charge in [0, 0.05) is 31.0 Å². The summed E-state index contributed by atoms with van der Waals surface area (Å²) in [4.78, 5) is 6.58. The Labute approximate surface area is 117 Å². The van der Waals surface area contributed by atoms with E-state index in [0.717, 1.165) is 19.5 Å². The van der Waals surface area contributed by atoms with Crippen molar-refractivity contribution in [2.75, 3.05) is 20.1 Å². The van der Waals surface area contributed by atoms with Crippen LogP contribution in [-0.4, -0.2) is 35.6 Å². The molecule has 2 N–H and O–H groups in total. The fraction of sp³-hybridized carbons (Fsp3) is 0.688. The molecule has 0 saturated heterocycles. The van der Waals surface area contributed by atoms with Crippen LogP contribution in [0.4, 0.5) is 0 Å². The first kappa shape index (κ1) is 14.5. The van der Waals surface area contributed by atoms with E-state index in [1.807, 2.05) is 12.4 Å². The van der Waals surface area contributed by atoms with Crippen molar-refractivity contribution < 1.29 is 0 Å². The summed E-state index contributed by atoms with van der Waals surface area (Å²) in [5.74, 6) is 0.702. The van der Waals surface area contributed by atoms with Crippen LogP contribution in [0.1, 0.15) is 38.2 Å². The smallest absolute Gasteiger partial charge is 0.0354 e. The van der Waals surface area contributed by atoms with Gasteiger partial charge >= 0.3 is 0 Å². The van der Waals surface area contributed by atoms with Crippen LogP contribution in [0, 0.1) is 5.92 Å². The molecule has 0 radical (unpaired) electrons. The molecule has 0 bridgehead atoms. The lowest BCUT2D eigenvalue weighted by Gasteiger charge is -2.48. The standard InChI is InChI=1S/C16H27N3/c1-14-5-3-4-9-16(14,13-17)19(2)12-8-15-6-10-18-11-7-15/h6-7,10-11,14H,3-5,8-9,12-13,17H2,1-2H3. The summed E-state index contributed by atoms with van der Waals surface area (Å²) < 4.78 is 0. The second-order valence-electron chi connectivity index (χ2n) is 5.98. The van der Waals surface area contributed by atoms with Gasteiger partial charge in [-0.2, -0.15) is 0 Å². The lowest BCUT2D eigenvalue weighted by Crippen LogP contribution is -2.58. The number of pyridine rings is 1. The zero-order valence-electron chi connectivity index (χ0n) is 12.3. The molecule has 2 unspecified atom stereocenters. The first-order valence-electron chi connectivity index (χ1n) is 7.49. The van der Waals surface area contributed by atoms with E-state index >= 15 is 0 Å². The molecular weight excluding hydrogens is 234 g/mol. The van der Waals surface area contributed by atoms with Crippen molar-refractivity contribution in [2.45, 2.75) is 44.6 Å². The predicted octanol–water partition coefficient (Wildman–Crippen LogP) is 2.46. The van der Waals surface area contributed by atoms with E-state index in [0.29, 0.717) is 5.92 Å². The molecule has 19 heavy (non-hydrogen) atoms. The monoisotopic (exact) mass is 261 g/mol. The number of rotatable bonds is 5. The topological polar surface area (TPSA) is 42.1 Å². The third kappa shape index (κ3) is 3.15. The SMILES string of the molecule is CC1CCCCC1(CN)N(C)CCc1ccncc1. The summed E-state index contributed by atoms with van der Waals surface area (Å²) in [7, 11) is 2.25. The average Bonchev–Trinajstić information content (AvgIpc) is 2.46. The Morgan fingerprint density at radius 3 is 2.74 bits per heavy atom. The maximum absolute atomic E-state index is 6.15. The summed E-state index contributed by atoms with van der Waals surface area (Å²) in [6, 6.07) is 4.21. The highest BCUT2D eigenvalue weighted by Gasteiger charge is 2.39. The third-order valence-corrected chi connectivity index (χ3v) is 5.01. The van der Waals surface area contributed by atoms with Crippen molar-refractivity contribution in [3.05, 3.63) is 30.1 Å². The fourth-order valence-corrected chi connectivity index (χ4v) is 3.49. The van der Waals surface area contributed by atoms with Gasteiger partial charge in [-0.3, -0.25) is 9.88 Å². The normalized spacial score (nSPS) is 27.7. The number of nitrogens with two attached hydrogens (primary N) is 1. The van der Waals surface area contributed by atoms with E-state index in [-0.39, 0.29) is 5.54 Å². The highest BCUT2D eigenvalue weighted by molar-refractivity contribution is 5.10. The molecule has 1 aliphatic carbocycles. The highest BCUT2D eigenvalue weighted by Crippen LogP contribution is 2.37. The third-order valence-electron chi connectivity index (χ3n) is 5.01. The van der Waals surface area contributed by atoms with Crippen molar-refractivity contribution in [1.82, 2.24) is 9.88 Å². The second-order valence-corrected chi connectivity index (χ2v) is 5.98. The van der Waals surface area contributed by atoms with Gasteiger partial charge in [0.1, 0.15) is 0 Å². The van der Waals surface area contributed by atoms with E-state index in [1.165, 1.54) is 31.2 Å². The molecule has 0 spiro atoms. The number of likely N-dealkylation sites (N-methyl/N-ethyl adjacent to an activating group) is 1. The molecule has 1 fully saturated rings. The summed E-state index contributed by atoms with van der Waals surface area (Å²) in [5.41, 5.74) is 7.72. The summed E-state index contributed by atoms with van der Waals surface area (Å²) in [6.07, 6.45) is 10.1. The molecule has 1 aromatic rings. The largest absolute Gasteiger partial charge is 0.329 e. The first-order valence-corrected chi connectivity index (χ1v) is 7.49. The van der Waals surface area contributed by atoms with Crippen LogP contribution < -0.4 is 5.73 Å². The van der Waals surface area contributed by atoms with Gasteiger partial charge in [0.2, 0.25) is 0 Å². The van der Waals surface area contributed by atoms with Gasteiger partial charge in [-0.05, 0) is 49.9 Å². The van der Waals surface area contributed by atoms with Gasteiger partial charge in [-0.1, -0.05) is 19.8 Å². The number of hydrogen-bond acceptors (Lipinski definition) is 3. The highest BCUT2D eigenvalue weighted by atomic mass is 15.2. The van der Waals surface area contributed by atoms with Crippen LogP contribution in [0.5, 0.6) is 0 Å². The van der Waals surface area contributed by atoms with E-state index in [9.17, 15) is 0 Å². The second kappa shape index (κ2) is 6.49. The molecule has 3 nitrogen and oxygen atoms in total. The van der Waals surface area contributed by atoms with E-state index < -0.39 is 0 Å². The summed E-state index contributed by atoms with van der Waals surface area (Å²) in [6.45, 7) is 4.22. The van der Waals surface area contributed by atoms with Gasteiger partial charge in [-0.25, -0.2) is 0 Å². The summed E-state index contributed by atoms with van der Waals surface area (Å²) >= 11 is 0. The van der Waals surface area contributed by atoms with Crippen LogP contribution in [0.25, 0.3) is 0 Å². The maximum Gasteiger partial charge on any atom is 0.0354 e. The van der Waals surface area contributed by atoms with Crippen LogP contribution in [0.2, 0.25) is 0 Å². The maximum atomic E-state index is 6.15. The molecule has 3 heteroatoms. The van der Waals surface area contributed by atoms with Gasteiger partial charge in [-0.15, -0.1) is 0 Å². The summed E-state index contributed by atoms with van der Waals surface area (Å²) in [5, 5.41) is 0. The minimum atomic E-state index is 0.214. The molecule has 2 atom stereocenters. The van der Waals surface area contributed by atoms with Gasteiger partial charge in [0.05, 0.1) is 0 Å². The molecule has 0 aliphatic heterocycles. The molecule has 0 amide bonds. The lowest BCUT2D eigenvalue weighted by molar-refractivity contribution is 0.0347. The molecule has 1 heterocycles. The fourth-order valence-electron chi connectivity index (χ4n) is 3.49. The Bertz CT molecular complexity index is 379. The zero-order chi connectivity index (χ0) is 13.7. The molecule has 0 aromatic carbocycles. The Morgan fingerprint density at radius 2 is 2.11 bits per heavy atom. The number of hydrogen-bond donors (Lipinski definition) is 1. The van der Waals surface area contributed by atoms with Crippen LogP contribution in [-0.2, 0) is 6.42 Å². The molecule has 1 aromatic heterocycles. The van der Waals surface area contributed by atoms with Gasteiger partial charge < -0.3 is 5.73 Å². The Kier molecular flexibility index (Phi) is 4.94. The van der Waals surface area contributed by atoms with Gasteiger partial charge in [0.25, 0.3) is 0 Å². The van der Waals surface area contributed by atoms with Crippen LogP contribution in [0.3, 0.4) is 0 Å². The minimum absolute atomic E-state index is 0.214. The first-order chi connectivity index (χ1) is 9.19. The Hall–Kier alpha value is -0.930. The van der Waals surface area contributed by atoms with E-state index in [4.69, 9.17) is 5.73 Å².